The van der Waals surface area contributed by atoms with E-state index >= 15 is 0 Å². The van der Waals surface area contributed by atoms with Crippen LogP contribution in [-0.4, -0.2) is 41.5 Å². The minimum absolute atomic E-state index is 0.161. The minimum Gasteiger partial charge on any atom is -0.480 e. The Morgan fingerprint density at radius 3 is 2.06 bits per heavy atom. The second-order valence-corrected chi connectivity index (χ2v) is 4.13. The number of carboxylic acids is 1. The highest BCUT2D eigenvalue weighted by molar-refractivity contribution is 5.90. The van der Waals surface area contributed by atoms with Crippen LogP contribution in [0.2, 0.25) is 0 Å². The number of aliphatic carboxylic acids is 1. The molecule has 0 radical (unpaired) electrons. The smallest absolute Gasteiger partial charge is 0.322 e. The van der Waals surface area contributed by atoms with Gasteiger partial charge in [0.1, 0.15) is 12.6 Å². The van der Waals surface area contributed by atoms with E-state index in [-0.39, 0.29) is 5.92 Å². The maximum absolute atomic E-state index is 11.6. The zero-order valence-corrected chi connectivity index (χ0v) is 10.2. The number of amides is 2. The van der Waals surface area contributed by atoms with E-state index in [0.29, 0.717) is 0 Å². The van der Waals surface area contributed by atoms with E-state index in [9.17, 15) is 14.4 Å². The molecule has 0 saturated carbocycles. The van der Waals surface area contributed by atoms with Gasteiger partial charge in [-0.2, -0.15) is 0 Å². The molecule has 0 aliphatic rings. The molecule has 0 fully saturated rings. The molecule has 0 spiro atoms. The van der Waals surface area contributed by atoms with Crippen LogP contribution >= 0.6 is 0 Å². The quantitative estimate of drug-likeness (QED) is 0.462. The molecule has 2 amide bonds. The predicted octanol–water partition coefficient (Wildman–Crippen LogP) is -1.32. The summed E-state index contributed by atoms with van der Waals surface area (Å²) in [6.07, 6.45) is 0. The van der Waals surface area contributed by atoms with Gasteiger partial charge in [-0.25, -0.2) is 0 Å². The molecule has 0 aromatic rings. The number of nitrogens with one attached hydrogen (secondary N) is 2. The van der Waals surface area contributed by atoms with Gasteiger partial charge >= 0.3 is 5.97 Å². The van der Waals surface area contributed by atoms with E-state index in [1.54, 1.807) is 13.8 Å². The fourth-order valence-corrected chi connectivity index (χ4v) is 1.09. The molecule has 0 saturated heterocycles. The molecule has 0 heterocycles. The van der Waals surface area contributed by atoms with Crippen LogP contribution < -0.4 is 16.4 Å². The lowest BCUT2D eigenvalue weighted by Gasteiger charge is -2.22. The van der Waals surface area contributed by atoms with Crippen molar-refractivity contribution in [3.05, 3.63) is 0 Å². The summed E-state index contributed by atoms with van der Waals surface area (Å²) in [6, 6.07) is -1.50. The topological polar surface area (TPSA) is 122 Å². The number of hydrogen-bond donors (Lipinski definition) is 4. The van der Waals surface area contributed by atoms with Crippen LogP contribution in [0.5, 0.6) is 0 Å². The molecule has 0 rings (SSSR count). The molecule has 5 N–H and O–H groups in total. The standard InChI is InChI=1S/C10H19N3O4/c1-5(2)8(13-9(16)6(3)11)10(17)12-4-7(14)15/h5-6,8H,4,11H2,1-3H3,(H,12,17)(H,13,16)(H,14,15)/t6-,8-/m0/s1. The lowest BCUT2D eigenvalue weighted by molar-refractivity contribution is -0.138. The molecule has 0 aromatic carbocycles. The molecule has 98 valence electrons. The van der Waals surface area contributed by atoms with Crippen LogP contribution in [0.15, 0.2) is 0 Å². The van der Waals surface area contributed by atoms with E-state index < -0.39 is 36.4 Å². The molecule has 0 bridgehead atoms. The normalized spacial score (nSPS) is 13.9. The maximum Gasteiger partial charge on any atom is 0.322 e. The van der Waals surface area contributed by atoms with Gasteiger partial charge in [-0.1, -0.05) is 13.8 Å². The fraction of sp³-hybridized carbons (Fsp3) is 0.700. The lowest BCUT2D eigenvalue weighted by Crippen LogP contribution is -2.53. The lowest BCUT2D eigenvalue weighted by atomic mass is 10.0. The van der Waals surface area contributed by atoms with Crippen molar-refractivity contribution in [3.8, 4) is 0 Å². The van der Waals surface area contributed by atoms with Gasteiger partial charge in [0.05, 0.1) is 6.04 Å². The third kappa shape index (κ3) is 5.86. The molecule has 0 aromatic heterocycles. The summed E-state index contributed by atoms with van der Waals surface area (Å²) in [5, 5.41) is 13.1. The van der Waals surface area contributed by atoms with Gasteiger partial charge in [0.25, 0.3) is 0 Å². The van der Waals surface area contributed by atoms with Crippen LogP contribution in [0.4, 0.5) is 0 Å². The first kappa shape index (κ1) is 15.4. The molecule has 2 atom stereocenters. The van der Waals surface area contributed by atoms with Crippen molar-refractivity contribution in [2.45, 2.75) is 32.9 Å². The van der Waals surface area contributed by atoms with E-state index in [2.05, 4.69) is 10.6 Å². The number of nitrogens with two attached hydrogens (primary N) is 1. The second kappa shape index (κ2) is 6.85. The number of rotatable bonds is 6. The van der Waals surface area contributed by atoms with Crippen molar-refractivity contribution in [2.75, 3.05) is 6.54 Å². The first-order valence-electron chi connectivity index (χ1n) is 5.31. The van der Waals surface area contributed by atoms with Crippen molar-refractivity contribution in [3.63, 3.8) is 0 Å². The number of carbonyl (C=O) groups is 3. The highest BCUT2D eigenvalue weighted by atomic mass is 16.4. The Morgan fingerprint density at radius 1 is 1.18 bits per heavy atom. The van der Waals surface area contributed by atoms with Gasteiger partial charge in [0.2, 0.25) is 11.8 Å². The molecular weight excluding hydrogens is 226 g/mol. The SMILES string of the molecule is CC(C)[C@H](NC(=O)[C@H](C)N)C(=O)NCC(=O)O. The van der Waals surface area contributed by atoms with E-state index in [0.717, 1.165) is 0 Å². The number of carboxylic acid groups (broad SMARTS) is 1. The van der Waals surface area contributed by atoms with Gasteiger partial charge < -0.3 is 21.5 Å². The molecule has 0 aliphatic carbocycles. The predicted molar refractivity (Wildman–Crippen MR) is 61.1 cm³/mol. The average Bonchev–Trinajstić information content (AvgIpc) is 2.21. The first-order valence-corrected chi connectivity index (χ1v) is 5.31. The summed E-state index contributed by atoms with van der Waals surface area (Å²) in [5.41, 5.74) is 5.37. The van der Waals surface area contributed by atoms with Crippen molar-refractivity contribution >= 4 is 17.8 Å². The zero-order chi connectivity index (χ0) is 13.6. The van der Waals surface area contributed by atoms with Gasteiger partial charge in [0, 0.05) is 0 Å². The highest BCUT2D eigenvalue weighted by Gasteiger charge is 2.25. The molecule has 17 heavy (non-hydrogen) atoms. The third-order valence-corrected chi connectivity index (χ3v) is 2.07. The first-order chi connectivity index (χ1) is 7.75. The minimum atomic E-state index is -1.14. The Kier molecular flexibility index (Phi) is 6.19. The van der Waals surface area contributed by atoms with Crippen molar-refractivity contribution in [1.82, 2.24) is 10.6 Å². The Morgan fingerprint density at radius 2 is 1.71 bits per heavy atom. The van der Waals surface area contributed by atoms with E-state index in [4.69, 9.17) is 10.8 Å². The van der Waals surface area contributed by atoms with Crippen molar-refractivity contribution in [2.24, 2.45) is 11.7 Å². The number of hydrogen-bond acceptors (Lipinski definition) is 4. The second-order valence-electron chi connectivity index (χ2n) is 4.13. The Balaban J connectivity index is 4.47. The Labute approximate surface area is 99.7 Å². The molecule has 0 unspecified atom stereocenters. The van der Waals surface area contributed by atoms with Crippen molar-refractivity contribution in [1.29, 1.82) is 0 Å². The van der Waals surface area contributed by atoms with Gasteiger partial charge in [-0.3, -0.25) is 14.4 Å². The zero-order valence-electron chi connectivity index (χ0n) is 10.2. The van der Waals surface area contributed by atoms with Crippen LogP contribution in [0, 0.1) is 5.92 Å². The van der Waals surface area contributed by atoms with Gasteiger partial charge in [-0.15, -0.1) is 0 Å². The summed E-state index contributed by atoms with van der Waals surface area (Å²) in [6.45, 7) is 4.51. The molecule has 7 heteroatoms. The Hall–Kier alpha value is -1.63. The summed E-state index contributed by atoms with van der Waals surface area (Å²) < 4.78 is 0. The molecule has 0 aliphatic heterocycles. The highest BCUT2D eigenvalue weighted by Crippen LogP contribution is 2.02. The van der Waals surface area contributed by atoms with Crippen LogP contribution in [0.25, 0.3) is 0 Å². The van der Waals surface area contributed by atoms with Crippen molar-refractivity contribution < 1.29 is 19.5 Å². The van der Waals surface area contributed by atoms with Crippen LogP contribution in [0.1, 0.15) is 20.8 Å². The van der Waals surface area contributed by atoms with E-state index in [1.165, 1.54) is 6.92 Å². The average molecular weight is 245 g/mol. The summed E-state index contributed by atoms with van der Waals surface area (Å²) in [4.78, 5) is 33.3. The molecular formula is C10H19N3O4. The maximum atomic E-state index is 11.6. The summed E-state index contributed by atoms with van der Waals surface area (Å²) in [7, 11) is 0. The summed E-state index contributed by atoms with van der Waals surface area (Å²) in [5.74, 6) is -2.28. The third-order valence-electron chi connectivity index (χ3n) is 2.07. The van der Waals surface area contributed by atoms with Gasteiger partial charge in [0.15, 0.2) is 0 Å². The van der Waals surface area contributed by atoms with E-state index in [1.807, 2.05) is 0 Å². The van der Waals surface area contributed by atoms with Gasteiger partial charge in [-0.05, 0) is 12.8 Å². The largest absolute Gasteiger partial charge is 0.480 e. The van der Waals surface area contributed by atoms with Crippen LogP contribution in [-0.2, 0) is 14.4 Å². The summed E-state index contributed by atoms with van der Waals surface area (Å²) >= 11 is 0. The van der Waals surface area contributed by atoms with Crippen LogP contribution in [0.3, 0.4) is 0 Å². The number of carbonyl (C=O) groups excluding carboxylic acids is 2. The fourth-order valence-electron chi connectivity index (χ4n) is 1.09. The Bertz CT molecular complexity index is 302. The molecule has 7 nitrogen and oxygen atoms in total. The monoisotopic (exact) mass is 245 g/mol.